The average Bonchev–Trinajstić information content (AvgIpc) is 3.16. The van der Waals surface area contributed by atoms with Gasteiger partial charge in [0, 0.05) is 6.20 Å². The molecule has 2 heterocycles. The topological polar surface area (TPSA) is 98.5 Å². The van der Waals surface area contributed by atoms with E-state index in [9.17, 15) is 9.59 Å². The Morgan fingerprint density at radius 2 is 2.00 bits per heavy atom. The van der Waals surface area contributed by atoms with Crippen molar-refractivity contribution in [1.29, 1.82) is 0 Å². The summed E-state index contributed by atoms with van der Waals surface area (Å²) in [5, 5.41) is 6.91. The Hall–Kier alpha value is -3.29. The first-order valence-electron chi connectivity index (χ1n) is 9.12. The average molecular weight is 381 g/mol. The highest BCUT2D eigenvalue weighted by atomic mass is 16.5. The maximum Gasteiger partial charge on any atom is 0.342 e. The molecule has 1 atom stereocenters. The van der Waals surface area contributed by atoms with Crippen LogP contribution in [0.15, 0.2) is 30.7 Å². The van der Waals surface area contributed by atoms with Crippen molar-refractivity contribution in [2.45, 2.75) is 40.2 Å². The summed E-state index contributed by atoms with van der Waals surface area (Å²) in [4.78, 5) is 32.7. The van der Waals surface area contributed by atoms with Gasteiger partial charge in [0.25, 0.3) is 11.7 Å². The quantitative estimate of drug-likeness (QED) is 0.658. The lowest BCUT2D eigenvalue weighted by molar-refractivity contribution is -0.124. The first-order chi connectivity index (χ1) is 13.4. The number of carbonyl (C=O) groups is 2. The number of esters is 1. The minimum absolute atomic E-state index is 0.190. The van der Waals surface area contributed by atoms with Crippen LogP contribution in [0.1, 0.15) is 52.6 Å². The highest BCUT2D eigenvalue weighted by Crippen LogP contribution is 2.17. The summed E-state index contributed by atoms with van der Waals surface area (Å²) in [6.45, 7) is 7.48. The Morgan fingerprint density at radius 1 is 1.21 bits per heavy atom. The van der Waals surface area contributed by atoms with Gasteiger partial charge in [0.2, 0.25) is 0 Å². The number of carbonyl (C=O) groups excluding carboxylic acids is 2. The molecule has 1 aromatic carbocycles. The van der Waals surface area contributed by atoms with Crippen LogP contribution in [0.25, 0.3) is 5.78 Å². The van der Waals surface area contributed by atoms with Crippen molar-refractivity contribution in [2.75, 3.05) is 6.61 Å². The van der Waals surface area contributed by atoms with Gasteiger partial charge in [-0.1, -0.05) is 25.1 Å². The summed E-state index contributed by atoms with van der Waals surface area (Å²) in [6.07, 6.45) is 3.32. The molecule has 0 radical (unpaired) electrons. The third kappa shape index (κ3) is 4.00. The lowest BCUT2D eigenvalue weighted by atomic mass is 10.0. The number of rotatable bonds is 6. The zero-order chi connectivity index (χ0) is 20.3. The van der Waals surface area contributed by atoms with Crippen molar-refractivity contribution < 1.29 is 14.3 Å². The molecule has 28 heavy (non-hydrogen) atoms. The van der Waals surface area contributed by atoms with E-state index in [4.69, 9.17) is 4.74 Å². The molecule has 0 bridgehead atoms. The van der Waals surface area contributed by atoms with Gasteiger partial charge in [-0.25, -0.2) is 14.3 Å². The van der Waals surface area contributed by atoms with Crippen LogP contribution in [0.5, 0.6) is 0 Å². The second kappa shape index (κ2) is 8.16. The minimum Gasteiger partial charge on any atom is -0.452 e. The van der Waals surface area contributed by atoms with Crippen LogP contribution < -0.4 is 5.32 Å². The van der Waals surface area contributed by atoms with E-state index in [0.717, 1.165) is 11.1 Å². The molecule has 0 fully saturated rings. The third-order valence-electron chi connectivity index (χ3n) is 4.70. The largest absolute Gasteiger partial charge is 0.452 e. The fourth-order valence-electron chi connectivity index (χ4n) is 2.94. The van der Waals surface area contributed by atoms with Gasteiger partial charge in [0.05, 0.1) is 17.3 Å². The number of aryl methyl sites for hydroxylation is 3. The molecular weight excluding hydrogens is 358 g/mol. The Morgan fingerprint density at radius 3 is 2.71 bits per heavy atom. The summed E-state index contributed by atoms with van der Waals surface area (Å²) in [6, 6.07) is 5.85. The lowest BCUT2D eigenvalue weighted by Crippen LogP contribution is -2.31. The van der Waals surface area contributed by atoms with Crippen molar-refractivity contribution in [3.05, 3.63) is 58.7 Å². The van der Waals surface area contributed by atoms with Crippen molar-refractivity contribution >= 4 is 17.7 Å². The maximum absolute atomic E-state index is 12.4. The number of ether oxygens (including phenoxy) is 1. The lowest BCUT2D eigenvalue weighted by Gasteiger charge is -2.16. The standard InChI is InChI=1S/C20H23N5O3/c1-5-17-16(9-21-20-22-11-23-25(17)20)19(27)28-10-18(26)24-14(4)15-7-6-12(2)13(3)8-15/h6-9,11,14H,5,10H2,1-4H3,(H,24,26). The number of fused-ring (bicyclic) bond motifs is 1. The first kappa shape index (κ1) is 19.5. The van der Waals surface area contributed by atoms with Crippen LogP contribution in [0.4, 0.5) is 0 Å². The smallest absolute Gasteiger partial charge is 0.342 e. The van der Waals surface area contributed by atoms with Crippen LogP contribution in [-0.4, -0.2) is 38.1 Å². The van der Waals surface area contributed by atoms with Crippen molar-refractivity contribution in [3.8, 4) is 0 Å². The van der Waals surface area contributed by atoms with Gasteiger partial charge in [-0.05, 0) is 43.9 Å². The van der Waals surface area contributed by atoms with Gasteiger partial charge in [0.15, 0.2) is 6.61 Å². The number of nitrogens with zero attached hydrogens (tertiary/aromatic N) is 4. The molecule has 1 unspecified atom stereocenters. The Balaban J connectivity index is 1.62. The van der Waals surface area contributed by atoms with Crippen molar-refractivity contribution in [1.82, 2.24) is 24.9 Å². The predicted octanol–water partition coefficient (Wildman–Crippen LogP) is 2.34. The van der Waals surface area contributed by atoms with Crippen LogP contribution in [0.2, 0.25) is 0 Å². The molecule has 3 aromatic rings. The van der Waals surface area contributed by atoms with Gasteiger partial charge >= 0.3 is 5.97 Å². The normalized spacial score (nSPS) is 12.0. The van der Waals surface area contributed by atoms with Crippen LogP contribution in [-0.2, 0) is 16.0 Å². The zero-order valence-electron chi connectivity index (χ0n) is 16.4. The van der Waals surface area contributed by atoms with E-state index < -0.39 is 5.97 Å². The SMILES string of the molecule is CCc1c(C(=O)OCC(=O)NC(C)c2ccc(C)c(C)c2)cnc2ncnn12. The van der Waals surface area contributed by atoms with Gasteiger partial charge < -0.3 is 10.1 Å². The fourth-order valence-corrected chi connectivity index (χ4v) is 2.94. The molecule has 0 aliphatic carbocycles. The van der Waals surface area contributed by atoms with Crippen LogP contribution >= 0.6 is 0 Å². The third-order valence-corrected chi connectivity index (χ3v) is 4.70. The molecule has 3 rings (SSSR count). The van der Waals surface area contributed by atoms with E-state index >= 15 is 0 Å². The van der Waals surface area contributed by atoms with Gasteiger partial charge in [0.1, 0.15) is 6.33 Å². The Kier molecular flexibility index (Phi) is 5.67. The van der Waals surface area contributed by atoms with E-state index in [1.807, 2.05) is 45.9 Å². The van der Waals surface area contributed by atoms with Gasteiger partial charge in [-0.15, -0.1) is 0 Å². The number of hydrogen-bond donors (Lipinski definition) is 1. The van der Waals surface area contributed by atoms with E-state index in [2.05, 4.69) is 20.4 Å². The molecular formula is C20H23N5O3. The van der Waals surface area contributed by atoms with E-state index in [0.29, 0.717) is 17.9 Å². The molecule has 0 saturated heterocycles. The van der Waals surface area contributed by atoms with E-state index in [-0.39, 0.29) is 24.1 Å². The molecule has 2 aromatic heterocycles. The van der Waals surface area contributed by atoms with Crippen molar-refractivity contribution in [2.24, 2.45) is 0 Å². The summed E-state index contributed by atoms with van der Waals surface area (Å²) >= 11 is 0. The molecule has 8 heteroatoms. The number of nitrogens with one attached hydrogen (secondary N) is 1. The molecule has 8 nitrogen and oxygen atoms in total. The fraction of sp³-hybridized carbons (Fsp3) is 0.350. The second-order valence-electron chi connectivity index (χ2n) is 6.65. The second-order valence-corrected chi connectivity index (χ2v) is 6.65. The highest BCUT2D eigenvalue weighted by Gasteiger charge is 2.19. The number of hydrogen-bond acceptors (Lipinski definition) is 6. The number of benzene rings is 1. The molecule has 0 aliphatic heterocycles. The minimum atomic E-state index is -0.615. The van der Waals surface area contributed by atoms with Crippen molar-refractivity contribution in [3.63, 3.8) is 0 Å². The Labute approximate surface area is 163 Å². The predicted molar refractivity (Wildman–Crippen MR) is 103 cm³/mol. The molecule has 0 saturated carbocycles. The number of amides is 1. The molecule has 0 aliphatic rings. The van der Waals surface area contributed by atoms with Crippen LogP contribution in [0.3, 0.4) is 0 Å². The van der Waals surface area contributed by atoms with Gasteiger partial charge in [-0.2, -0.15) is 10.1 Å². The Bertz CT molecular complexity index is 1030. The molecule has 1 N–H and O–H groups in total. The van der Waals surface area contributed by atoms with E-state index in [1.54, 1.807) is 0 Å². The summed E-state index contributed by atoms with van der Waals surface area (Å²) < 4.78 is 6.68. The zero-order valence-corrected chi connectivity index (χ0v) is 16.4. The maximum atomic E-state index is 12.4. The molecule has 1 amide bonds. The highest BCUT2D eigenvalue weighted by molar-refractivity contribution is 5.92. The van der Waals surface area contributed by atoms with E-state index in [1.165, 1.54) is 22.6 Å². The first-order valence-corrected chi connectivity index (χ1v) is 9.12. The summed E-state index contributed by atoms with van der Waals surface area (Å²) in [5.74, 6) is -0.573. The summed E-state index contributed by atoms with van der Waals surface area (Å²) in [7, 11) is 0. The summed E-state index contributed by atoms with van der Waals surface area (Å²) in [5.41, 5.74) is 4.26. The number of aromatic nitrogens is 4. The monoisotopic (exact) mass is 381 g/mol. The molecule has 146 valence electrons. The van der Waals surface area contributed by atoms with Crippen LogP contribution in [0, 0.1) is 13.8 Å². The molecule has 0 spiro atoms. The van der Waals surface area contributed by atoms with Gasteiger partial charge in [-0.3, -0.25) is 4.79 Å².